The molecule has 0 N–H and O–H groups in total. The van der Waals surface area contributed by atoms with Crippen molar-refractivity contribution >= 4 is 0 Å². The Balaban J connectivity index is 0. The lowest BCUT2D eigenvalue weighted by atomic mass is 10.4. The van der Waals surface area contributed by atoms with E-state index in [1.165, 1.54) is 0 Å². The Bertz CT molecular complexity index is 117. The first-order valence-electron chi connectivity index (χ1n) is 1.30. The summed E-state index contributed by atoms with van der Waals surface area (Å²) >= 11 is 0. The summed E-state index contributed by atoms with van der Waals surface area (Å²) in [6, 6.07) is 3.12. The molecular formula is C5H6N2. The van der Waals surface area contributed by atoms with Crippen LogP contribution in [-0.4, -0.2) is 0 Å². The average molecular weight is 94.1 g/mol. The molecular weight excluding hydrogens is 88.1 g/mol. The van der Waals surface area contributed by atoms with Crippen molar-refractivity contribution in [3.8, 4) is 12.1 Å². The molecule has 0 atom stereocenters. The van der Waals surface area contributed by atoms with Crippen LogP contribution in [0.2, 0.25) is 0 Å². The number of nitriles is 2. The van der Waals surface area contributed by atoms with E-state index in [9.17, 15) is 0 Å². The summed E-state index contributed by atoms with van der Waals surface area (Å²) in [4.78, 5) is 0. The Kier molecular flexibility index (Phi) is 6.21. The molecule has 0 spiro atoms. The summed E-state index contributed by atoms with van der Waals surface area (Å²) in [5.41, 5.74) is -0.0463. The first kappa shape index (κ1) is 9.21. The molecule has 0 rings (SSSR count). The van der Waals surface area contributed by atoms with E-state index in [1.54, 1.807) is 12.1 Å². The molecule has 2 nitrogen and oxygen atoms in total. The van der Waals surface area contributed by atoms with Gasteiger partial charge in [-0.3, -0.25) is 0 Å². The maximum atomic E-state index is 7.76. The summed E-state index contributed by atoms with van der Waals surface area (Å²) in [7, 11) is 0. The smallest absolute Gasteiger partial charge is 0.122 e. The van der Waals surface area contributed by atoms with E-state index in [0.717, 1.165) is 0 Å². The van der Waals surface area contributed by atoms with Crippen molar-refractivity contribution < 1.29 is 0 Å². The predicted molar refractivity (Wildman–Crippen MR) is 27.1 cm³/mol. The van der Waals surface area contributed by atoms with Gasteiger partial charge in [-0.2, -0.15) is 10.5 Å². The zero-order valence-corrected chi connectivity index (χ0v) is 3.10. The number of nitrogens with zero attached hydrogens (tertiary/aromatic N) is 2. The third kappa shape index (κ3) is 4.72. The minimum Gasteiger partial charge on any atom is -0.192 e. The Morgan fingerprint density at radius 2 is 1.57 bits per heavy atom. The lowest BCUT2D eigenvalue weighted by Gasteiger charge is -1.58. The van der Waals surface area contributed by atoms with E-state index in [4.69, 9.17) is 10.5 Å². The van der Waals surface area contributed by atoms with Crippen molar-refractivity contribution in [2.24, 2.45) is 0 Å². The fourth-order valence-corrected chi connectivity index (χ4v) is 0.0250. The fraction of sp³-hybridized carbons (Fsp3) is 0.200. The maximum absolute atomic E-state index is 7.76. The van der Waals surface area contributed by atoms with Crippen LogP contribution in [0.5, 0.6) is 0 Å². The number of hydrogen-bond acceptors (Lipinski definition) is 2. The SMILES string of the molecule is C.C=C(C#N)C#N. The molecule has 0 aromatic carbocycles. The second kappa shape index (κ2) is 4.72. The second-order valence-electron chi connectivity index (χ2n) is 0.702. The van der Waals surface area contributed by atoms with Gasteiger partial charge in [0.05, 0.1) is 0 Å². The summed E-state index contributed by atoms with van der Waals surface area (Å²) < 4.78 is 0. The maximum Gasteiger partial charge on any atom is 0.122 e. The van der Waals surface area contributed by atoms with Gasteiger partial charge in [-0.05, 0) is 0 Å². The largest absolute Gasteiger partial charge is 0.192 e. The molecule has 0 aliphatic rings. The van der Waals surface area contributed by atoms with E-state index >= 15 is 0 Å². The van der Waals surface area contributed by atoms with Crippen LogP contribution in [0, 0.1) is 22.7 Å². The first-order valence-corrected chi connectivity index (χ1v) is 1.30. The van der Waals surface area contributed by atoms with Crippen molar-refractivity contribution in [3.63, 3.8) is 0 Å². The Labute approximate surface area is 43.3 Å². The van der Waals surface area contributed by atoms with Gasteiger partial charge in [0, 0.05) is 0 Å². The minimum atomic E-state index is -0.0463. The third-order valence-electron chi connectivity index (χ3n) is 0.270. The van der Waals surface area contributed by atoms with E-state index in [1.807, 2.05) is 0 Å². The number of rotatable bonds is 0. The van der Waals surface area contributed by atoms with Crippen molar-refractivity contribution in [2.75, 3.05) is 0 Å². The Morgan fingerprint density at radius 1 is 1.29 bits per heavy atom. The second-order valence-corrected chi connectivity index (χ2v) is 0.702. The highest BCUT2D eigenvalue weighted by atomic mass is 14.3. The van der Waals surface area contributed by atoms with Gasteiger partial charge < -0.3 is 0 Å². The van der Waals surface area contributed by atoms with Crippen LogP contribution < -0.4 is 0 Å². The molecule has 0 amide bonds. The van der Waals surface area contributed by atoms with Crippen LogP contribution in [0.4, 0.5) is 0 Å². The van der Waals surface area contributed by atoms with E-state index in [-0.39, 0.29) is 13.0 Å². The van der Waals surface area contributed by atoms with E-state index in [0.29, 0.717) is 0 Å². The van der Waals surface area contributed by atoms with Gasteiger partial charge in [-0.25, -0.2) is 0 Å². The predicted octanol–water partition coefficient (Wildman–Crippen LogP) is 1.23. The normalized spacial score (nSPS) is 4.29. The van der Waals surface area contributed by atoms with Crippen LogP contribution in [-0.2, 0) is 0 Å². The first-order chi connectivity index (χ1) is 2.81. The molecule has 0 saturated carbocycles. The molecule has 0 bridgehead atoms. The Morgan fingerprint density at radius 3 is 1.57 bits per heavy atom. The highest BCUT2D eigenvalue weighted by Gasteiger charge is 1.76. The molecule has 0 fully saturated rings. The van der Waals surface area contributed by atoms with Crippen LogP contribution in [0.25, 0.3) is 0 Å². The molecule has 0 saturated heterocycles. The number of allylic oxidation sites excluding steroid dienone is 1. The summed E-state index contributed by atoms with van der Waals surface area (Å²) in [5, 5.41) is 15.5. The van der Waals surface area contributed by atoms with Crippen LogP contribution in [0.1, 0.15) is 7.43 Å². The number of hydrogen-bond donors (Lipinski definition) is 0. The van der Waals surface area contributed by atoms with Crippen molar-refractivity contribution in [2.45, 2.75) is 7.43 Å². The van der Waals surface area contributed by atoms with Crippen molar-refractivity contribution in [1.82, 2.24) is 0 Å². The molecule has 0 aliphatic carbocycles. The van der Waals surface area contributed by atoms with Gasteiger partial charge in [0.2, 0.25) is 0 Å². The molecule has 0 aliphatic heterocycles. The monoisotopic (exact) mass is 94.1 g/mol. The van der Waals surface area contributed by atoms with Crippen molar-refractivity contribution in [1.29, 1.82) is 10.5 Å². The standard InChI is InChI=1S/C4H2N2.CH4/c1-4(2-5)3-6;/h1H2;1H4. The minimum absolute atomic E-state index is 0. The van der Waals surface area contributed by atoms with Crippen LogP contribution in [0.3, 0.4) is 0 Å². The molecule has 0 radical (unpaired) electrons. The van der Waals surface area contributed by atoms with E-state index < -0.39 is 0 Å². The third-order valence-corrected chi connectivity index (χ3v) is 0.270. The molecule has 2 heteroatoms. The lowest BCUT2D eigenvalue weighted by molar-refractivity contribution is 1.47. The highest BCUT2D eigenvalue weighted by molar-refractivity contribution is 5.31. The van der Waals surface area contributed by atoms with Crippen LogP contribution in [0.15, 0.2) is 12.2 Å². The quantitative estimate of drug-likeness (QED) is 0.424. The molecule has 36 valence electrons. The molecule has 0 unspecified atom stereocenters. The van der Waals surface area contributed by atoms with Gasteiger partial charge in [0.1, 0.15) is 17.7 Å². The van der Waals surface area contributed by atoms with Gasteiger partial charge in [0.15, 0.2) is 0 Å². The fourth-order valence-electron chi connectivity index (χ4n) is 0.0250. The molecule has 0 aromatic heterocycles. The topological polar surface area (TPSA) is 47.6 Å². The molecule has 0 aromatic rings. The summed E-state index contributed by atoms with van der Waals surface area (Å²) in [6.45, 7) is 3.07. The van der Waals surface area contributed by atoms with Crippen molar-refractivity contribution in [3.05, 3.63) is 12.2 Å². The zero-order valence-electron chi connectivity index (χ0n) is 3.10. The molecule has 7 heavy (non-hydrogen) atoms. The summed E-state index contributed by atoms with van der Waals surface area (Å²) in [6.07, 6.45) is 0. The van der Waals surface area contributed by atoms with Crippen LogP contribution >= 0.6 is 0 Å². The lowest BCUT2D eigenvalue weighted by Crippen LogP contribution is -1.58. The van der Waals surface area contributed by atoms with Gasteiger partial charge in [0.25, 0.3) is 0 Å². The van der Waals surface area contributed by atoms with E-state index in [2.05, 4.69) is 6.58 Å². The average Bonchev–Trinajstić information content (AvgIpc) is 1.65. The Hall–Kier alpha value is -1.28. The summed E-state index contributed by atoms with van der Waals surface area (Å²) in [5.74, 6) is 0. The molecule has 0 heterocycles. The van der Waals surface area contributed by atoms with Gasteiger partial charge >= 0.3 is 0 Å². The zero-order chi connectivity index (χ0) is 4.99. The van der Waals surface area contributed by atoms with Gasteiger partial charge in [-0.15, -0.1) is 0 Å². The van der Waals surface area contributed by atoms with Gasteiger partial charge in [-0.1, -0.05) is 14.0 Å². The highest BCUT2D eigenvalue weighted by Crippen LogP contribution is 1.75.